The molecule has 1 aromatic rings. The highest BCUT2D eigenvalue weighted by atomic mass is 35.5. The summed E-state index contributed by atoms with van der Waals surface area (Å²) in [5.41, 5.74) is 1.65. The minimum absolute atomic E-state index is 0.0307. The first-order chi connectivity index (χ1) is 9.93. The van der Waals surface area contributed by atoms with Gasteiger partial charge in [0.05, 0.1) is 17.7 Å². The minimum atomic E-state index is 0.0307. The zero-order valence-corrected chi connectivity index (χ0v) is 14.0. The summed E-state index contributed by atoms with van der Waals surface area (Å²) in [5, 5.41) is 0.512. The SMILES string of the molecule is COc1c(Cl)cc(C(C)C)cc1C(=O)N1CCC(C)CC1. The van der Waals surface area contributed by atoms with Gasteiger partial charge in [-0.3, -0.25) is 4.79 Å². The Morgan fingerprint density at radius 3 is 2.48 bits per heavy atom. The third-order valence-electron chi connectivity index (χ3n) is 4.24. The van der Waals surface area contributed by atoms with Gasteiger partial charge in [0.2, 0.25) is 0 Å². The van der Waals surface area contributed by atoms with Crippen molar-refractivity contribution in [3.05, 3.63) is 28.3 Å². The molecule has 2 rings (SSSR count). The van der Waals surface area contributed by atoms with Crippen LogP contribution in [0.4, 0.5) is 0 Å². The standard InChI is InChI=1S/C17H24ClNO2/c1-11(2)13-9-14(16(21-4)15(18)10-13)17(20)19-7-5-12(3)6-8-19/h9-12H,5-8H2,1-4H3. The maximum absolute atomic E-state index is 12.8. The predicted molar refractivity (Wildman–Crippen MR) is 86.4 cm³/mol. The number of benzene rings is 1. The fourth-order valence-corrected chi connectivity index (χ4v) is 3.00. The third-order valence-corrected chi connectivity index (χ3v) is 4.52. The van der Waals surface area contributed by atoms with Crippen LogP contribution in [0, 0.1) is 5.92 Å². The van der Waals surface area contributed by atoms with Crippen LogP contribution in [0.1, 0.15) is 55.5 Å². The fraction of sp³-hybridized carbons (Fsp3) is 0.588. The summed E-state index contributed by atoms with van der Waals surface area (Å²) in [4.78, 5) is 14.7. The van der Waals surface area contributed by atoms with Crippen molar-refractivity contribution in [3.63, 3.8) is 0 Å². The normalized spacial score (nSPS) is 16.4. The predicted octanol–water partition coefficient (Wildman–Crippen LogP) is 4.34. The van der Waals surface area contributed by atoms with Crippen LogP contribution in [0.15, 0.2) is 12.1 Å². The Morgan fingerprint density at radius 2 is 1.95 bits per heavy atom. The number of hydrogen-bond acceptors (Lipinski definition) is 2. The van der Waals surface area contributed by atoms with E-state index in [0.29, 0.717) is 28.2 Å². The quantitative estimate of drug-likeness (QED) is 0.831. The minimum Gasteiger partial charge on any atom is -0.494 e. The van der Waals surface area contributed by atoms with E-state index in [2.05, 4.69) is 20.8 Å². The number of hydrogen-bond donors (Lipinski definition) is 0. The first kappa shape index (κ1) is 16.2. The Bertz CT molecular complexity index is 520. The molecule has 0 bridgehead atoms. The molecule has 0 atom stereocenters. The Hall–Kier alpha value is -1.22. The molecule has 1 fully saturated rings. The number of piperidine rings is 1. The topological polar surface area (TPSA) is 29.5 Å². The van der Waals surface area contributed by atoms with Crippen molar-refractivity contribution in [3.8, 4) is 5.75 Å². The summed E-state index contributed by atoms with van der Waals surface area (Å²) >= 11 is 6.29. The molecule has 1 aliphatic rings. The van der Waals surface area contributed by atoms with Gasteiger partial charge in [-0.1, -0.05) is 32.4 Å². The largest absolute Gasteiger partial charge is 0.494 e. The summed E-state index contributed by atoms with van der Waals surface area (Å²) in [6.07, 6.45) is 2.12. The molecule has 4 heteroatoms. The van der Waals surface area contributed by atoms with Crippen molar-refractivity contribution in [2.75, 3.05) is 20.2 Å². The van der Waals surface area contributed by atoms with Crippen LogP contribution in [0.2, 0.25) is 5.02 Å². The summed E-state index contributed by atoms with van der Waals surface area (Å²) in [6, 6.07) is 3.82. The van der Waals surface area contributed by atoms with Gasteiger partial charge in [0.15, 0.2) is 0 Å². The third kappa shape index (κ3) is 3.52. The highest BCUT2D eigenvalue weighted by Gasteiger charge is 2.25. The van der Waals surface area contributed by atoms with Crippen molar-refractivity contribution in [2.45, 2.75) is 39.5 Å². The van der Waals surface area contributed by atoms with E-state index in [9.17, 15) is 4.79 Å². The molecule has 0 unspecified atom stereocenters. The van der Waals surface area contributed by atoms with Gasteiger partial charge in [-0.25, -0.2) is 0 Å². The average Bonchev–Trinajstić information content (AvgIpc) is 2.46. The van der Waals surface area contributed by atoms with E-state index in [-0.39, 0.29) is 5.91 Å². The van der Waals surface area contributed by atoms with Crippen molar-refractivity contribution >= 4 is 17.5 Å². The number of carbonyl (C=O) groups excluding carboxylic acids is 1. The monoisotopic (exact) mass is 309 g/mol. The Labute approximate surface area is 132 Å². The molecular weight excluding hydrogens is 286 g/mol. The molecule has 0 N–H and O–H groups in total. The van der Waals surface area contributed by atoms with Gasteiger partial charge >= 0.3 is 0 Å². The van der Waals surface area contributed by atoms with Crippen LogP contribution in [-0.2, 0) is 0 Å². The van der Waals surface area contributed by atoms with E-state index in [4.69, 9.17) is 16.3 Å². The highest BCUT2D eigenvalue weighted by Crippen LogP contribution is 2.34. The van der Waals surface area contributed by atoms with Crippen LogP contribution in [0.25, 0.3) is 0 Å². The van der Waals surface area contributed by atoms with E-state index in [1.54, 1.807) is 7.11 Å². The van der Waals surface area contributed by atoms with Crippen molar-refractivity contribution in [2.24, 2.45) is 5.92 Å². The van der Waals surface area contributed by atoms with Crippen LogP contribution in [-0.4, -0.2) is 31.0 Å². The van der Waals surface area contributed by atoms with Crippen LogP contribution < -0.4 is 4.74 Å². The molecule has 3 nitrogen and oxygen atoms in total. The Balaban J connectivity index is 2.34. The number of ether oxygens (including phenoxy) is 1. The zero-order chi connectivity index (χ0) is 15.6. The smallest absolute Gasteiger partial charge is 0.257 e. The number of methoxy groups -OCH3 is 1. The van der Waals surface area contributed by atoms with E-state index in [0.717, 1.165) is 31.5 Å². The van der Waals surface area contributed by atoms with E-state index in [1.165, 1.54) is 0 Å². The number of halogens is 1. The van der Waals surface area contributed by atoms with Gasteiger partial charge < -0.3 is 9.64 Å². The average molecular weight is 310 g/mol. The Morgan fingerprint density at radius 1 is 1.33 bits per heavy atom. The molecule has 21 heavy (non-hydrogen) atoms. The molecular formula is C17H24ClNO2. The lowest BCUT2D eigenvalue weighted by Gasteiger charge is -2.31. The second-order valence-electron chi connectivity index (χ2n) is 6.21. The molecule has 1 aromatic carbocycles. The van der Waals surface area contributed by atoms with Crippen LogP contribution >= 0.6 is 11.6 Å². The summed E-state index contributed by atoms with van der Waals surface area (Å²) < 4.78 is 5.36. The molecule has 0 spiro atoms. The molecule has 0 aliphatic carbocycles. The molecule has 1 heterocycles. The maximum atomic E-state index is 12.8. The molecule has 1 saturated heterocycles. The molecule has 1 amide bonds. The van der Waals surface area contributed by atoms with Crippen LogP contribution in [0.5, 0.6) is 5.75 Å². The van der Waals surface area contributed by atoms with E-state index >= 15 is 0 Å². The number of nitrogens with zero attached hydrogens (tertiary/aromatic N) is 1. The first-order valence-electron chi connectivity index (χ1n) is 7.60. The summed E-state index contributed by atoms with van der Waals surface area (Å²) in [7, 11) is 1.56. The molecule has 1 aliphatic heterocycles. The van der Waals surface area contributed by atoms with Gasteiger partial charge in [-0.15, -0.1) is 0 Å². The molecule has 0 aromatic heterocycles. The number of rotatable bonds is 3. The van der Waals surface area contributed by atoms with Gasteiger partial charge in [0.25, 0.3) is 5.91 Å². The lowest BCUT2D eigenvalue weighted by atomic mass is 9.96. The zero-order valence-electron chi connectivity index (χ0n) is 13.3. The van der Waals surface area contributed by atoms with Gasteiger partial charge in [0, 0.05) is 13.1 Å². The summed E-state index contributed by atoms with van der Waals surface area (Å²) in [5.74, 6) is 1.54. The second-order valence-corrected chi connectivity index (χ2v) is 6.62. The van der Waals surface area contributed by atoms with Gasteiger partial charge in [0.1, 0.15) is 5.75 Å². The van der Waals surface area contributed by atoms with Gasteiger partial charge in [-0.2, -0.15) is 0 Å². The molecule has 0 radical (unpaired) electrons. The van der Waals surface area contributed by atoms with Gasteiger partial charge in [-0.05, 0) is 42.4 Å². The van der Waals surface area contributed by atoms with E-state index in [1.807, 2.05) is 17.0 Å². The highest BCUT2D eigenvalue weighted by molar-refractivity contribution is 6.32. The molecule has 116 valence electrons. The molecule has 0 saturated carbocycles. The number of likely N-dealkylation sites (tertiary alicyclic amines) is 1. The fourth-order valence-electron chi connectivity index (χ4n) is 2.70. The number of amides is 1. The maximum Gasteiger partial charge on any atom is 0.257 e. The van der Waals surface area contributed by atoms with Crippen molar-refractivity contribution in [1.82, 2.24) is 4.90 Å². The van der Waals surface area contributed by atoms with E-state index < -0.39 is 0 Å². The van der Waals surface area contributed by atoms with Crippen molar-refractivity contribution < 1.29 is 9.53 Å². The second kappa shape index (κ2) is 6.69. The first-order valence-corrected chi connectivity index (χ1v) is 7.98. The lowest BCUT2D eigenvalue weighted by molar-refractivity contribution is 0.0693. The number of carbonyl (C=O) groups is 1. The lowest BCUT2D eigenvalue weighted by Crippen LogP contribution is -2.38. The Kier molecular flexibility index (Phi) is 5.15. The van der Waals surface area contributed by atoms with Crippen LogP contribution in [0.3, 0.4) is 0 Å². The van der Waals surface area contributed by atoms with Crippen molar-refractivity contribution in [1.29, 1.82) is 0 Å². The summed E-state index contributed by atoms with van der Waals surface area (Å²) in [6.45, 7) is 8.04.